The van der Waals surface area contributed by atoms with Gasteiger partial charge in [-0.1, -0.05) is 18.2 Å². The van der Waals surface area contributed by atoms with Crippen LogP contribution in [0.4, 0.5) is 18.9 Å². The Morgan fingerprint density at radius 1 is 1.28 bits per heavy atom. The Balaban J connectivity index is 2.39. The van der Waals surface area contributed by atoms with Gasteiger partial charge in [-0.15, -0.1) is 0 Å². The molecule has 2 unspecified atom stereocenters. The Morgan fingerprint density at radius 2 is 1.94 bits per heavy atom. The highest BCUT2D eigenvalue weighted by Crippen LogP contribution is 2.35. The van der Waals surface area contributed by atoms with Gasteiger partial charge in [-0.25, -0.2) is 0 Å². The van der Waals surface area contributed by atoms with Crippen molar-refractivity contribution in [2.24, 2.45) is 5.73 Å². The lowest BCUT2D eigenvalue weighted by Gasteiger charge is -2.40. The van der Waals surface area contributed by atoms with Crippen molar-refractivity contribution in [3.05, 3.63) is 29.8 Å². The molecule has 0 amide bonds. The van der Waals surface area contributed by atoms with Gasteiger partial charge in [-0.05, 0) is 31.4 Å². The molecule has 100 valence electrons. The van der Waals surface area contributed by atoms with E-state index in [4.69, 9.17) is 5.73 Å². The van der Waals surface area contributed by atoms with Crippen LogP contribution in [0.3, 0.4) is 0 Å². The number of aryl methyl sites for hydroxylation is 1. The van der Waals surface area contributed by atoms with E-state index in [1.807, 2.05) is 12.1 Å². The first kappa shape index (κ1) is 13.2. The van der Waals surface area contributed by atoms with Crippen LogP contribution in [-0.4, -0.2) is 24.8 Å². The number of anilines is 1. The van der Waals surface area contributed by atoms with Crippen molar-refractivity contribution in [1.29, 1.82) is 0 Å². The number of rotatable bonds is 2. The summed E-state index contributed by atoms with van der Waals surface area (Å²) in [5.41, 5.74) is 7.19. The smallest absolute Gasteiger partial charge is 0.358 e. The summed E-state index contributed by atoms with van der Waals surface area (Å²) in [4.78, 5) is 1.41. The maximum absolute atomic E-state index is 13.1. The fourth-order valence-corrected chi connectivity index (χ4v) is 2.61. The highest BCUT2D eigenvalue weighted by atomic mass is 19.4. The molecule has 0 spiro atoms. The van der Waals surface area contributed by atoms with E-state index in [-0.39, 0.29) is 0 Å². The zero-order valence-corrected chi connectivity index (χ0v) is 10.2. The van der Waals surface area contributed by atoms with Crippen molar-refractivity contribution < 1.29 is 13.2 Å². The van der Waals surface area contributed by atoms with Gasteiger partial charge in [0.15, 0.2) is 0 Å². The minimum atomic E-state index is -4.31. The second-order valence-electron chi connectivity index (χ2n) is 4.77. The summed E-state index contributed by atoms with van der Waals surface area (Å²) in [6.45, 7) is 1.82. The van der Waals surface area contributed by atoms with Crippen molar-refractivity contribution in [3.63, 3.8) is 0 Å². The van der Waals surface area contributed by atoms with Crippen LogP contribution >= 0.6 is 0 Å². The summed E-state index contributed by atoms with van der Waals surface area (Å²) in [6.07, 6.45) is -2.74. The lowest BCUT2D eigenvalue weighted by Crippen LogP contribution is -2.56. The highest BCUT2D eigenvalue weighted by molar-refractivity contribution is 5.56. The van der Waals surface area contributed by atoms with E-state index in [0.717, 1.165) is 18.4 Å². The number of alkyl halides is 3. The molecule has 2 atom stereocenters. The van der Waals surface area contributed by atoms with Crippen LogP contribution in [0.5, 0.6) is 0 Å². The lowest BCUT2D eigenvalue weighted by molar-refractivity contribution is -0.152. The SMILES string of the molecule is CC(N)C(N1CCCc2ccccc21)C(F)(F)F. The van der Waals surface area contributed by atoms with Crippen molar-refractivity contribution >= 4 is 5.69 Å². The minimum Gasteiger partial charge on any atom is -0.358 e. The molecule has 0 saturated heterocycles. The molecule has 1 aliphatic rings. The predicted octanol–water partition coefficient (Wildman–Crippen LogP) is 2.72. The molecule has 0 aromatic heterocycles. The van der Waals surface area contributed by atoms with Gasteiger partial charge in [-0.2, -0.15) is 13.2 Å². The zero-order valence-electron chi connectivity index (χ0n) is 10.2. The molecule has 0 saturated carbocycles. The number of nitrogens with two attached hydrogens (primary N) is 1. The highest BCUT2D eigenvalue weighted by Gasteiger charge is 2.46. The third-order valence-corrected chi connectivity index (χ3v) is 3.32. The summed E-state index contributed by atoms with van der Waals surface area (Å²) in [7, 11) is 0. The van der Waals surface area contributed by atoms with Crippen molar-refractivity contribution in [2.45, 2.75) is 38.0 Å². The molecule has 2 rings (SSSR count). The first-order valence-electron chi connectivity index (χ1n) is 6.08. The predicted molar refractivity (Wildman–Crippen MR) is 65.6 cm³/mol. The molecule has 0 radical (unpaired) electrons. The maximum Gasteiger partial charge on any atom is 0.410 e. The normalized spacial score (nSPS) is 19.3. The molecule has 0 bridgehead atoms. The fraction of sp³-hybridized carbons (Fsp3) is 0.538. The fourth-order valence-electron chi connectivity index (χ4n) is 2.61. The molecule has 0 aliphatic carbocycles. The molecule has 0 fully saturated rings. The largest absolute Gasteiger partial charge is 0.410 e. The van der Waals surface area contributed by atoms with Gasteiger partial charge in [-0.3, -0.25) is 0 Å². The zero-order chi connectivity index (χ0) is 13.3. The van der Waals surface area contributed by atoms with Crippen LogP contribution in [0.2, 0.25) is 0 Å². The standard InChI is InChI=1S/C13H17F3N2/c1-9(17)12(13(14,15)16)18-8-4-6-10-5-2-3-7-11(10)18/h2-3,5,7,9,12H,4,6,8,17H2,1H3. The number of nitrogens with zero attached hydrogens (tertiary/aromatic N) is 1. The van der Waals surface area contributed by atoms with Gasteiger partial charge in [0.25, 0.3) is 0 Å². The number of fused-ring (bicyclic) bond motifs is 1. The molecular weight excluding hydrogens is 241 g/mol. The molecule has 18 heavy (non-hydrogen) atoms. The van der Waals surface area contributed by atoms with E-state index in [1.165, 1.54) is 11.8 Å². The summed E-state index contributed by atoms with van der Waals surface area (Å²) in [5.74, 6) is 0. The number of para-hydroxylation sites is 1. The Morgan fingerprint density at radius 3 is 2.56 bits per heavy atom. The summed E-state index contributed by atoms with van der Waals surface area (Å²) in [5, 5.41) is 0. The van der Waals surface area contributed by atoms with Gasteiger partial charge in [0, 0.05) is 18.3 Å². The quantitative estimate of drug-likeness (QED) is 0.883. The molecule has 5 heteroatoms. The summed E-state index contributed by atoms with van der Waals surface area (Å²) < 4.78 is 39.4. The van der Waals surface area contributed by atoms with E-state index >= 15 is 0 Å². The van der Waals surface area contributed by atoms with E-state index in [0.29, 0.717) is 12.2 Å². The van der Waals surface area contributed by atoms with Crippen LogP contribution in [0.15, 0.2) is 24.3 Å². The second-order valence-corrected chi connectivity index (χ2v) is 4.77. The molecule has 2 nitrogen and oxygen atoms in total. The number of hydrogen-bond acceptors (Lipinski definition) is 2. The average Bonchev–Trinajstić information content (AvgIpc) is 2.27. The van der Waals surface area contributed by atoms with Crippen molar-refractivity contribution in [1.82, 2.24) is 0 Å². The Kier molecular flexibility index (Phi) is 3.52. The maximum atomic E-state index is 13.1. The molecule has 2 N–H and O–H groups in total. The third kappa shape index (κ3) is 2.46. The van der Waals surface area contributed by atoms with Crippen molar-refractivity contribution in [2.75, 3.05) is 11.4 Å². The van der Waals surface area contributed by atoms with E-state index in [1.54, 1.807) is 12.1 Å². The second kappa shape index (κ2) is 4.80. The van der Waals surface area contributed by atoms with Gasteiger partial charge in [0.1, 0.15) is 6.04 Å². The van der Waals surface area contributed by atoms with Crippen LogP contribution in [0.1, 0.15) is 18.9 Å². The van der Waals surface area contributed by atoms with Gasteiger partial charge in [0.05, 0.1) is 0 Å². The third-order valence-electron chi connectivity index (χ3n) is 3.32. The van der Waals surface area contributed by atoms with Gasteiger partial charge in [0.2, 0.25) is 0 Å². The molecule has 1 heterocycles. The minimum absolute atomic E-state index is 0.405. The summed E-state index contributed by atoms with van der Waals surface area (Å²) in [6, 6.07) is 4.70. The van der Waals surface area contributed by atoms with E-state index in [2.05, 4.69) is 0 Å². The van der Waals surface area contributed by atoms with Crippen LogP contribution in [-0.2, 0) is 6.42 Å². The van der Waals surface area contributed by atoms with Crippen molar-refractivity contribution in [3.8, 4) is 0 Å². The average molecular weight is 258 g/mol. The van der Waals surface area contributed by atoms with Crippen LogP contribution < -0.4 is 10.6 Å². The molecule has 1 aliphatic heterocycles. The van der Waals surface area contributed by atoms with E-state index in [9.17, 15) is 13.2 Å². The topological polar surface area (TPSA) is 29.3 Å². The molecule has 1 aromatic carbocycles. The monoisotopic (exact) mass is 258 g/mol. The first-order valence-corrected chi connectivity index (χ1v) is 6.08. The van der Waals surface area contributed by atoms with E-state index < -0.39 is 18.3 Å². The Labute approximate surface area is 105 Å². The molecular formula is C13H17F3N2. The lowest BCUT2D eigenvalue weighted by atomic mass is 9.98. The number of hydrogen-bond donors (Lipinski definition) is 1. The number of benzene rings is 1. The van der Waals surface area contributed by atoms with Crippen LogP contribution in [0, 0.1) is 0 Å². The first-order chi connectivity index (χ1) is 8.41. The summed E-state index contributed by atoms with van der Waals surface area (Å²) >= 11 is 0. The Hall–Kier alpha value is -1.23. The van der Waals surface area contributed by atoms with Gasteiger partial charge >= 0.3 is 6.18 Å². The Bertz CT molecular complexity index is 415. The molecule has 1 aromatic rings. The van der Waals surface area contributed by atoms with Gasteiger partial charge < -0.3 is 10.6 Å². The number of halogens is 3. The van der Waals surface area contributed by atoms with Crippen LogP contribution in [0.25, 0.3) is 0 Å².